The van der Waals surface area contributed by atoms with Gasteiger partial charge in [-0.3, -0.25) is 4.79 Å². The van der Waals surface area contributed by atoms with Crippen LogP contribution < -0.4 is 5.32 Å². The summed E-state index contributed by atoms with van der Waals surface area (Å²) in [6.07, 6.45) is 57.2. The Bertz CT molecular complexity index is 961. The van der Waals surface area contributed by atoms with Crippen molar-refractivity contribution < 1.29 is 25.2 Å². The van der Waals surface area contributed by atoms with E-state index in [2.05, 4.69) is 67.8 Å². The molecule has 0 saturated carbocycles. The number of carbonyl (C=O) groups excluding carboxylic acids is 1. The van der Waals surface area contributed by atoms with Gasteiger partial charge in [0, 0.05) is 0 Å². The second-order valence-corrected chi connectivity index (χ2v) is 17.1. The maximum absolute atomic E-state index is 12.5. The van der Waals surface area contributed by atoms with Gasteiger partial charge in [-0.05, 0) is 83.5 Å². The highest BCUT2D eigenvalue weighted by atomic mass is 16.3. The van der Waals surface area contributed by atoms with Crippen molar-refractivity contribution in [3.8, 4) is 0 Å². The highest BCUT2D eigenvalue weighted by Crippen LogP contribution is 2.15. The van der Waals surface area contributed by atoms with Crippen LogP contribution >= 0.6 is 0 Å². The largest absolute Gasteiger partial charge is 0.394 e. The lowest BCUT2D eigenvalue weighted by molar-refractivity contribution is -0.132. The minimum atomic E-state index is -1.29. The maximum Gasteiger partial charge on any atom is 0.249 e. The molecule has 0 radical (unpaired) electrons. The third-order valence-corrected chi connectivity index (χ3v) is 11.5. The number of unbranched alkanes of at least 4 members (excludes halogenated alkanes) is 28. The molecule has 6 heteroatoms. The summed E-state index contributed by atoms with van der Waals surface area (Å²) < 4.78 is 0. The van der Waals surface area contributed by atoms with Crippen LogP contribution in [0.5, 0.6) is 0 Å². The SMILES string of the molecule is CCCCCCCCCCC/C=C\C/C=C\CCCCCCCCCCC(O)C(=O)NC(CO)C(O)C(O)CCC/C=C/CC/C=C/CCCCCCCCCCC. The molecule has 0 saturated heterocycles. The molecule has 0 aromatic heterocycles. The van der Waals surface area contributed by atoms with Crippen molar-refractivity contribution >= 4 is 5.91 Å². The molecule has 0 bridgehead atoms. The van der Waals surface area contributed by atoms with Gasteiger partial charge in [-0.1, -0.05) is 210 Å². The molecule has 0 heterocycles. The minimum Gasteiger partial charge on any atom is -0.394 e. The lowest BCUT2D eigenvalue weighted by Gasteiger charge is -2.27. The first kappa shape index (κ1) is 56.3. The zero-order chi connectivity index (χ0) is 42.4. The van der Waals surface area contributed by atoms with Gasteiger partial charge in [-0.2, -0.15) is 0 Å². The van der Waals surface area contributed by atoms with Crippen LogP contribution in [0.1, 0.15) is 245 Å². The summed E-state index contributed by atoms with van der Waals surface area (Å²) in [6, 6.07) is -1.01. The highest BCUT2D eigenvalue weighted by Gasteiger charge is 2.28. The summed E-state index contributed by atoms with van der Waals surface area (Å²) in [5.41, 5.74) is 0. The third kappa shape index (κ3) is 39.7. The fourth-order valence-corrected chi connectivity index (χ4v) is 7.51. The number of carbonyl (C=O) groups is 1. The topological polar surface area (TPSA) is 110 Å². The minimum absolute atomic E-state index is 0.352. The molecule has 5 N–H and O–H groups in total. The molecule has 0 aliphatic carbocycles. The van der Waals surface area contributed by atoms with E-state index in [4.69, 9.17) is 0 Å². The monoisotopic (exact) mass is 816 g/mol. The quantitative estimate of drug-likeness (QED) is 0.0311. The van der Waals surface area contributed by atoms with E-state index in [1.165, 1.54) is 161 Å². The van der Waals surface area contributed by atoms with Crippen LogP contribution in [0.3, 0.4) is 0 Å². The fourth-order valence-electron chi connectivity index (χ4n) is 7.51. The van der Waals surface area contributed by atoms with Gasteiger partial charge in [0.05, 0.1) is 18.8 Å². The Balaban J connectivity index is 3.76. The standard InChI is InChI=1S/C52H97NO5/c1-3-5-7-9-11-13-15-17-19-21-23-24-25-26-27-28-30-32-34-36-38-40-42-44-46-50(56)52(58)53-48(47-54)51(57)49(55)45-43-41-39-37-35-33-31-29-22-20-18-16-14-12-10-8-6-4-2/h23-24,26-27,29,31,37,39,48-51,54-57H,3-22,25,28,30,32-36,38,40-47H2,1-2H3,(H,53,58)/b24-23-,27-26-,31-29+,39-37+. The normalized spacial score (nSPS) is 14.4. The Morgan fingerprint density at radius 3 is 1.19 bits per heavy atom. The van der Waals surface area contributed by atoms with Crippen LogP contribution in [0.2, 0.25) is 0 Å². The van der Waals surface area contributed by atoms with Crippen LogP contribution in [0.15, 0.2) is 48.6 Å². The second kappa shape index (κ2) is 46.3. The molecule has 6 nitrogen and oxygen atoms in total. The summed E-state index contributed by atoms with van der Waals surface area (Å²) >= 11 is 0. The van der Waals surface area contributed by atoms with Gasteiger partial charge in [-0.15, -0.1) is 0 Å². The van der Waals surface area contributed by atoms with Crippen LogP contribution in [0.25, 0.3) is 0 Å². The molecule has 4 unspecified atom stereocenters. The Hall–Kier alpha value is -1.73. The number of nitrogens with one attached hydrogen (secondary N) is 1. The lowest BCUT2D eigenvalue weighted by atomic mass is 10.00. The van der Waals surface area contributed by atoms with Crippen LogP contribution in [-0.2, 0) is 4.79 Å². The maximum atomic E-state index is 12.5. The average Bonchev–Trinajstić information content (AvgIpc) is 3.23. The summed E-state index contributed by atoms with van der Waals surface area (Å²) in [5, 5.41) is 43.8. The molecule has 0 spiro atoms. The molecule has 58 heavy (non-hydrogen) atoms. The van der Waals surface area contributed by atoms with E-state index in [1.54, 1.807) is 0 Å². The van der Waals surface area contributed by atoms with Crippen molar-refractivity contribution in [3.05, 3.63) is 48.6 Å². The Kier molecular flexibility index (Phi) is 45.0. The zero-order valence-corrected chi connectivity index (χ0v) is 38.3. The number of rotatable bonds is 45. The fraction of sp³-hybridized carbons (Fsp3) is 0.827. The van der Waals surface area contributed by atoms with Crippen LogP contribution in [0, 0.1) is 0 Å². The van der Waals surface area contributed by atoms with Crippen LogP contribution in [-0.4, -0.2) is 57.3 Å². The van der Waals surface area contributed by atoms with E-state index in [0.29, 0.717) is 19.3 Å². The molecule has 0 aromatic carbocycles. The van der Waals surface area contributed by atoms with E-state index in [-0.39, 0.29) is 0 Å². The molecule has 0 aliphatic heterocycles. The first-order chi connectivity index (χ1) is 28.5. The van der Waals surface area contributed by atoms with Gasteiger partial charge < -0.3 is 25.7 Å². The zero-order valence-electron chi connectivity index (χ0n) is 38.3. The number of aliphatic hydroxyl groups excluding tert-OH is 4. The Labute approximate surface area is 359 Å². The van der Waals surface area contributed by atoms with Crippen molar-refractivity contribution in [1.29, 1.82) is 0 Å². The molecule has 340 valence electrons. The van der Waals surface area contributed by atoms with Crippen molar-refractivity contribution in [2.24, 2.45) is 0 Å². The van der Waals surface area contributed by atoms with Gasteiger partial charge in [0.15, 0.2) is 0 Å². The molecular formula is C52H97NO5. The number of allylic oxidation sites excluding steroid dienone is 8. The summed E-state index contributed by atoms with van der Waals surface area (Å²) in [5.74, 6) is -0.602. The van der Waals surface area contributed by atoms with E-state index in [9.17, 15) is 25.2 Å². The molecule has 4 atom stereocenters. The van der Waals surface area contributed by atoms with Crippen molar-refractivity contribution in [3.63, 3.8) is 0 Å². The molecule has 0 rings (SSSR count). The Morgan fingerprint density at radius 1 is 0.431 bits per heavy atom. The first-order valence-electron chi connectivity index (χ1n) is 25.0. The lowest BCUT2D eigenvalue weighted by Crippen LogP contribution is -2.53. The Morgan fingerprint density at radius 2 is 0.776 bits per heavy atom. The van der Waals surface area contributed by atoms with E-state index < -0.39 is 36.9 Å². The molecular weight excluding hydrogens is 719 g/mol. The highest BCUT2D eigenvalue weighted by molar-refractivity contribution is 5.80. The van der Waals surface area contributed by atoms with Crippen molar-refractivity contribution in [1.82, 2.24) is 5.32 Å². The van der Waals surface area contributed by atoms with Gasteiger partial charge >= 0.3 is 0 Å². The molecule has 0 aromatic rings. The van der Waals surface area contributed by atoms with Gasteiger partial charge in [0.25, 0.3) is 0 Å². The van der Waals surface area contributed by atoms with Gasteiger partial charge in [-0.25, -0.2) is 0 Å². The first-order valence-corrected chi connectivity index (χ1v) is 25.0. The number of hydrogen-bond acceptors (Lipinski definition) is 5. The predicted molar refractivity (Wildman–Crippen MR) is 251 cm³/mol. The van der Waals surface area contributed by atoms with E-state index in [1.807, 2.05) is 0 Å². The summed E-state index contributed by atoms with van der Waals surface area (Å²) in [7, 11) is 0. The molecule has 0 fully saturated rings. The van der Waals surface area contributed by atoms with E-state index >= 15 is 0 Å². The molecule has 1 amide bonds. The van der Waals surface area contributed by atoms with Gasteiger partial charge in [0.1, 0.15) is 12.2 Å². The summed E-state index contributed by atoms with van der Waals surface area (Å²) in [4.78, 5) is 12.5. The van der Waals surface area contributed by atoms with E-state index in [0.717, 1.165) is 51.4 Å². The van der Waals surface area contributed by atoms with Crippen molar-refractivity contribution in [2.75, 3.05) is 6.61 Å². The number of amides is 1. The number of hydrogen-bond donors (Lipinski definition) is 5. The molecule has 0 aliphatic rings. The van der Waals surface area contributed by atoms with Gasteiger partial charge in [0.2, 0.25) is 5.91 Å². The van der Waals surface area contributed by atoms with Crippen LogP contribution in [0.4, 0.5) is 0 Å². The van der Waals surface area contributed by atoms with Crippen molar-refractivity contribution in [2.45, 2.75) is 269 Å². The third-order valence-electron chi connectivity index (χ3n) is 11.5. The second-order valence-electron chi connectivity index (χ2n) is 17.1. The average molecular weight is 816 g/mol. The summed E-state index contributed by atoms with van der Waals surface area (Å²) in [6.45, 7) is 4.04. The smallest absolute Gasteiger partial charge is 0.249 e. The predicted octanol–water partition coefficient (Wildman–Crippen LogP) is 13.9. The number of aliphatic hydroxyl groups is 4.